The molecule has 11 heteroatoms. The molecule has 0 bridgehead atoms. The van der Waals surface area contributed by atoms with Gasteiger partial charge in [-0.25, -0.2) is 8.78 Å². The standard InChI is InChI=1S/C29H25F2N5O2S2/c1-18-23(15-25-28(38)36(29(39)40-25)17-19-3-5-20(30)6-4-19)26(33(2)27(37)24(18)16-32)35-13-11-34(12-14-35)22-9-7-21(31)8-10-22/h3-10,15H,11-14,17H2,1-2H3/b25-15+. The number of pyridine rings is 1. The van der Waals surface area contributed by atoms with E-state index < -0.39 is 5.56 Å². The first-order valence-electron chi connectivity index (χ1n) is 12.6. The predicted molar refractivity (Wildman–Crippen MR) is 157 cm³/mol. The van der Waals surface area contributed by atoms with Gasteiger partial charge in [-0.2, -0.15) is 5.26 Å². The van der Waals surface area contributed by atoms with E-state index >= 15 is 0 Å². The molecule has 3 aromatic rings. The molecule has 204 valence electrons. The van der Waals surface area contributed by atoms with Gasteiger partial charge in [-0.15, -0.1) is 0 Å². The highest BCUT2D eigenvalue weighted by Crippen LogP contribution is 2.36. The third kappa shape index (κ3) is 5.24. The average molecular weight is 578 g/mol. The molecule has 2 saturated heterocycles. The molecule has 0 unspecified atom stereocenters. The van der Waals surface area contributed by atoms with Crippen molar-refractivity contribution in [2.45, 2.75) is 13.5 Å². The van der Waals surface area contributed by atoms with Crippen molar-refractivity contribution in [3.63, 3.8) is 0 Å². The Morgan fingerprint density at radius 2 is 1.55 bits per heavy atom. The molecule has 0 atom stereocenters. The maximum absolute atomic E-state index is 13.4. The van der Waals surface area contributed by atoms with Gasteiger partial charge in [-0.1, -0.05) is 36.1 Å². The van der Waals surface area contributed by atoms with E-state index in [1.54, 1.807) is 44.3 Å². The Bertz CT molecular complexity index is 1620. The molecule has 0 N–H and O–H groups in total. The molecule has 0 saturated carbocycles. The number of benzene rings is 2. The summed E-state index contributed by atoms with van der Waals surface area (Å²) in [6, 6.07) is 14.3. The predicted octanol–water partition coefficient (Wildman–Crippen LogP) is 4.57. The number of rotatable bonds is 5. The highest BCUT2D eigenvalue weighted by Gasteiger charge is 2.33. The minimum absolute atomic E-state index is 0.0178. The van der Waals surface area contributed by atoms with Gasteiger partial charge in [0.15, 0.2) is 0 Å². The van der Waals surface area contributed by atoms with Crippen LogP contribution in [0.15, 0.2) is 58.2 Å². The maximum atomic E-state index is 13.4. The van der Waals surface area contributed by atoms with Gasteiger partial charge in [0.25, 0.3) is 11.5 Å². The van der Waals surface area contributed by atoms with Gasteiger partial charge in [-0.05, 0) is 60.5 Å². The number of halogens is 2. The van der Waals surface area contributed by atoms with Crippen molar-refractivity contribution in [2.75, 3.05) is 36.0 Å². The van der Waals surface area contributed by atoms with Gasteiger partial charge in [0, 0.05) is 44.5 Å². The van der Waals surface area contributed by atoms with E-state index in [1.165, 1.54) is 33.7 Å². The largest absolute Gasteiger partial charge is 0.368 e. The number of aromatic nitrogens is 1. The van der Waals surface area contributed by atoms with Crippen molar-refractivity contribution in [3.8, 4) is 6.07 Å². The van der Waals surface area contributed by atoms with Gasteiger partial charge in [0.2, 0.25) is 0 Å². The molecule has 1 aromatic heterocycles. The van der Waals surface area contributed by atoms with Crippen LogP contribution >= 0.6 is 24.0 Å². The molecule has 5 rings (SSSR count). The van der Waals surface area contributed by atoms with Crippen LogP contribution in [0.1, 0.15) is 22.3 Å². The van der Waals surface area contributed by atoms with Gasteiger partial charge in [0.05, 0.1) is 11.4 Å². The molecule has 2 fully saturated rings. The van der Waals surface area contributed by atoms with Gasteiger partial charge < -0.3 is 9.80 Å². The Kier molecular flexibility index (Phi) is 7.74. The quantitative estimate of drug-likeness (QED) is 0.325. The summed E-state index contributed by atoms with van der Waals surface area (Å²) in [6.45, 7) is 4.33. The summed E-state index contributed by atoms with van der Waals surface area (Å²) < 4.78 is 28.6. The topological polar surface area (TPSA) is 72.6 Å². The lowest BCUT2D eigenvalue weighted by Crippen LogP contribution is -2.48. The second-order valence-electron chi connectivity index (χ2n) is 9.56. The Morgan fingerprint density at radius 3 is 2.15 bits per heavy atom. The number of anilines is 2. The first kappa shape index (κ1) is 27.6. The molecule has 1 amide bonds. The van der Waals surface area contributed by atoms with Crippen molar-refractivity contribution in [3.05, 3.63) is 97.7 Å². The highest BCUT2D eigenvalue weighted by molar-refractivity contribution is 8.26. The number of nitrogens with zero attached hydrogens (tertiary/aromatic N) is 5. The normalized spacial score (nSPS) is 16.7. The minimum atomic E-state index is -0.406. The number of amides is 1. The monoisotopic (exact) mass is 577 g/mol. The number of nitriles is 1. The van der Waals surface area contributed by atoms with Crippen LogP contribution in [0.25, 0.3) is 6.08 Å². The first-order chi connectivity index (χ1) is 19.2. The number of carbonyl (C=O) groups excluding carboxylic acids is 1. The fourth-order valence-corrected chi connectivity index (χ4v) is 6.20. The zero-order valence-electron chi connectivity index (χ0n) is 21.9. The zero-order chi connectivity index (χ0) is 28.6. The molecule has 40 heavy (non-hydrogen) atoms. The molecule has 2 aliphatic rings. The van der Waals surface area contributed by atoms with E-state index in [9.17, 15) is 23.6 Å². The molecule has 0 radical (unpaired) electrons. The van der Waals surface area contributed by atoms with Crippen LogP contribution in [0.4, 0.5) is 20.3 Å². The SMILES string of the molecule is Cc1c(/C=C2/SC(=S)N(Cc3ccc(F)cc3)C2=O)c(N2CCN(c3ccc(F)cc3)CC2)n(C)c(=O)c1C#N. The summed E-state index contributed by atoms with van der Waals surface area (Å²) in [6.07, 6.45) is 1.71. The third-order valence-corrected chi connectivity index (χ3v) is 8.52. The van der Waals surface area contributed by atoms with E-state index in [-0.39, 0.29) is 29.6 Å². The lowest BCUT2D eigenvalue weighted by molar-refractivity contribution is -0.122. The number of carbonyl (C=O) groups is 1. The van der Waals surface area contributed by atoms with Crippen molar-refractivity contribution in [1.29, 1.82) is 5.26 Å². The van der Waals surface area contributed by atoms with Gasteiger partial charge in [0.1, 0.15) is 33.4 Å². The van der Waals surface area contributed by atoms with E-state index in [0.717, 1.165) is 23.0 Å². The number of hydrogen-bond acceptors (Lipinski definition) is 7. The second kappa shape index (κ2) is 11.2. The van der Waals surface area contributed by atoms with Crippen LogP contribution in [-0.2, 0) is 18.4 Å². The van der Waals surface area contributed by atoms with E-state index in [2.05, 4.69) is 9.80 Å². The van der Waals surface area contributed by atoms with E-state index in [4.69, 9.17) is 12.2 Å². The fraction of sp³-hybridized carbons (Fsp3) is 0.241. The van der Waals surface area contributed by atoms with Crippen LogP contribution in [0.2, 0.25) is 0 Å². The lowest BCUT2D eigenvalue weighted by Gasteiger charge is -2.38. The van der Waals surface area contributed by atoms with E-state index in [1.807, 2.05) is 6.07 Å². The summed E-state index contributed by atoms with van der Waals surface area (Å²) in [7, 11) is 1.63. The summed E-state index contributed by atoms with van der Waals surface area (Å²) in [4.78, 5) is 32.6. The first-order valence-corrected chi connectivity index (χ1v) is 13.8. The summed E-state index contributed by atoms with van der Waals surface area (Å²) >= 11 is 6.65. The number of piperazine rings is 1. The Balaban J connectivity index is 1.48. The van der Waals surface area contributed by atoms with Crippen LogP contribution in [0.5, 0.6) is 0 Å². The molecule has 0 spiro atoms. The van der Waals surface area contributed by atoms with Gasteiger partial charge >= 0.3 is 0 Å². The molecular weight excluding hydrogens is 552 g/mol. The summed E-state index contributed by atoms with van der Waals surface area (Å²) in [5, 5.41) is 9.75. The van der Waals surface area contributed by atoms with E-state index in [0.29, 0.717) is 52.3 Å². The average Bonchev–Trinajstić information content (AvgIpc) is 3.21. The number of thiocarbonyl (C=S) groups is 1. The zero-order valence-corrected chi connectivity index (χ0v) is 23.5. The van der Waals surface area contributed by atoms with Crippen LogP contribution in [0.3, 0.4) is 0 Å². The number of thioether (sulfide) groups is 1. The summed E-state index contributed by atoms with van der Waals surface area (Å²) in [5.74, 6) is -0.334. The van der Waals surface area contributed by atoms with Crippen molar-refractivity contribution >= 4 is 51.8 Å². The maximum Gasteiger partial charge on any atom is 0.270 e. The summed E-state index contributed by atoms with van der Waals surface area (Å²) in [5.41, 5.74) is 2.36. The second-order valence-corrected chi connectivity index (χ2v) is 11.2. The molecule has 3 heterocycles. The van der Waals surface area contributed by atoms with Crippen LogP contribution < -0.4 is 15.4 Å². The van der Waals surface area contributed by atoms with Crippen molar-refractivity contribution in [1.82, 2.24) is 9.47 Å². The fourth-order valence-electron chi connectivity index (χ4n) is 4.96. The smallest absolute Gasteiger partial charge is 0.270 e. The molecular formula is C29H25F2N5O2S2. The number of hydrogen-bond donors (Lipinski definition) is 0. The lowest BCUT2D eigenvalue weighted by atomic mass is 10.0. The van der Waals surface area contributed by atoms with Crippen molar-refractivity contribution in [2.24, 2.45) is 7.05 Å². The van der Waals surface area contributed by atoms with Crippen LogP contribution in [-0.4, -0.2) is 45.9 Å². The molecule has 7 nitrogen and oxygen atoms in total. The third-order valence-electron chi connectivity index (χ3n) is 7.14. The van der Waals surface area contributed by atoms with Gasteiger partial charge in [-0.3, -0.25) is 19.1 Å². The molecule has 2 aromatic carbocycles. The van der Waals surface area contributed by atoms with Crippen molar-refractivity contribution < 1.29 is 13.6 Å². The highest BCUT2D eigenvalue weighted by atomic mass is 32.2. The Hall–Kier alpha value is -4.01. The Morgan fingerprint density at radius 1 is 0.975 bits per heavy atom. The minimum Gasteiger partial charge on any atom is -0.368 e. The Labute approximate surface area is 239 Å². The molecule has 2 aliphatic heterocycles. The molecule has 0 aliphatic carbocycles. The van der Waals surface area contributed by atoms with Crippen LogP contribution in [0, 0.1) is 29.9 Å².